The number of rotatable bonds is 11. The van der Waals surface area contributed by atoms with Crippen molar-refractivity contribution in [1.82, 2.24) is 15.5 Å². The van der Waals surface area contributed by atoms with E-state index in [0.29, 0.717) is 64.5 Å². The molecule has 1 atom stereocenters. The van der Waals surface area contributed by atoms with E-state index in [-0.39, 0.29) is 28.8 Å². The minimum Gasteiger partial charge on any atom is -0.497 e. The molecule has 0 bridgehead atoms. The fraction of sp³-hybridized carbons (Fsp3) is 0.323. The van der Waals surface area contributed by atoms with Crippen molar-refractivity contribution in [2.45, 2.75) is 35.9 Å². The van der Waals surface area contributed by atoms with Gasteiger partial charge >= 0.3 is 0 Å². The standard InChI is InChI=1S/C31H32N6O5S2/c1-40-20-10-8-19(9-11-20)27-21(16-32)29(33)37(22-5-4-6-23(38)28(22)27)30-35-36-31(44-30)43-17-26(39)34-14-13-18-7-12-24(41-2)25(15-18)42-3/h7-12,15,27H,4-6,13-14,17,33H2,1-3H3,(H,34,39). The normalized spacial score (nSPS) is 16.4. The zero-order valence-corrected chi connectivity index (χ0v) is 26.2. The predicted octanol–water partition coefficient (Wildman–Crippen LogP) is 4.32. The third kappa shape index (κ3) is 6.36. The number of allylic oxidation sites excluding steroid dienone is 3. The van der Waals surface area contributed by atoms with Crippen LogP contribution in [0.1, 0.15) is 36.3 Å². The summed E-state index contributed by atoms with van der Waals surface area (Å²) in [6.45, 7) is 0.461. The predicted molar refractivity (Wildman–Crippen MR) is 168 cm³/mol. The van der Waals surface area contributed by atoms with Crippen LogP contribution in [0.2, 0.25) is 0 Å². The van der Waals surface area contributed by atoms with Crippen molar-refractivity contribution in [1.29, 1.82) is 5.26 Å². The minimum absolute atomic E-state index is 0.0128. The molecule has 228 valence electrons. The molecule has 1 amide bonds. The third-order valence-corrected chi connectivity index (χ3v) is 9.50. The van der Waals surface area contributed by atoms with Crippen LogP contribution in [0, 0.1) is 11.3 Å². The number of hydrogen-bond acceptors (Lipinski definition) is 12. The number of ether oxygens (including phenoxy) is 3. The van der Waals surface area contributed by atoms with Crippen LogP contribution in [0.15, 0.2) is 69.5 Å². The molecule has 0 spiro atoms. The number of anilines is 1. The Morgan fingerprint density at radius 2 is 1.89 bits per heavy atom. The second-order valence-corrected chi connectivity index (χ2v) is 12.2. The average Bonchev–Trinajstić information content (AvgIpc) is 3.51. The van der Waals surface area contributed by atoms with Crippen molar-refractivity contribution >= 4 is 39.9 Å². The van der Waals surface area contributed by atoms with Gasteiger partial charge < -0.3 is 25.3 Å². The highest BCUT2D eigenvalue weighted by Crippen LogP contribution is 2.47. The number of amides is 1. The summed E-state index contributed by atoms with van der Waals surface area (Å²) in [5, 5.41) is 22.2. The largest absolute Gasteiger partial charge is 0.497 e. The molecular formula is C31H32N6O5S2. The lowest BCUT2D eigenvalue weighted by atomic mass is 9.76. The highest BCUT2D eigenvalue weighted by atomic mass is 32.2. The fourth-order valence-electron chi connectivity index (χ4n) is 5.35. The van der Waals surface area contributed by atoms with Gasteiger partial charge in [0.2, 0.25) is 11.0 Å². The van der Waals surface area contributed by atoms with Crippen LogP contribution in [0.3, 0.4) is 0 Å². The molecule has 1 aliphatic carbocycles. The summed E-state index contributed by atoms with van der Waals surface area (Å²) in [4.78, 5) is 27.6. The van der Waals surface area contributed by atoms with Crippen molar-refractivity contribution in [3.63, 3.8) is 0 Å². The number of hydrogen-bond donors (Lipinski definition) is 2. The van der Waals surface area contributed by atoms with Gasteiger partial charge in [0.25, 0.3) is 0 Å². The maximum Gasteiger partial charge on any atom is 0.230 e. The molecule has 0 radical (unpaired) electrons. The van der Waals surface area contributed by atoms with Gasteiger partial charge in [0.1, 0.15) is 11.6 Å². The maximum absolute atomic E-state index is 13.3. The molecular weight excluding hydrogens is 601 g/mol. The van der Waals surface area contributed by atoms with Gasteiger partial charge in [-0.1, -0.05) is 41.3 Å². The molecule has 0 saturated carbocycles. The second-order valence-electron chi connectivity index (χ2n) is 10.0. The molecule has 0 saturated heterocycles. The Labute approximate surface area is 263 Å². The quantitative estimate of drug-likeness (QED) is 0.291. The number of carbonyl (C=O) groups excluding carboxylic acids is 2. The van der Waals surface area contributed by atoms with Crippen molar-refractivity contribution in [2.75, 3.05) is 38.5 Å². The molecule has 2 aliphatic rings. The lowest BCUT2D eigenvalue weighted by Crippen LogP contribution is -2.38. The lowest BCUT2D eigenvalue weighted by Gasteiger charge is -2.38. The number of nitrogens with one attached hydrogen (secondary N) is 1. The van der Waals surface area contributed by atoms with Crippen molar-refractivity contribution < 1.29 is 23.8 Å². The first kappa shape index (κ1) is 30.9. The number of nitrogens with zero attached hydrogens (tertiary/aromatic N) is 4. The van der Waals surface area contributed by atoms with Gasteiger partial charge in [-0.15, -0.1) is 10.2 Å². The van der Waals surface area contributed by atoms with Crippen molar-refractivity contribution in [2.24, 2.45) is 5.73 Å². The summed E-state index contributed by atoms with van der Waals surface area (Å²) in [6, 6.07) is 15.2. The van der Waals surface area contributed by atoms with E-state index in [2.05, 4.69) is 21.6 Å². The van der Waals surface area contributed by atoms with Gasteiger partial charge in [-0.05, 0) is 54.7 Å². The number of methoxy groups -OCH3 is 3. The van der Waals surface area contributed by atoms with Crippen LogP contribution in [0.25, 0.3) is 0 Å². The van der Waals surface area contributed by atoms with E-state index >= 15 is 0 Å². The molecule has 1 aromatic heterocycles. The fourth-order valence-corrected chi connectivity index (χ4v) is 7.06. The van der Waals surface area contributed by atoms with Crippen LogP contribution in [-0.2, 0) is 16.0 Å². The Kier molecular flexibility index (Phi) is 9.72. The summed E-state index contributed by atoms with van der Waals surface area (Å²) < 4.78 is 16.5. The summed E-state index contributed by atoms with van der Waals surface area (Å²) in [5.41, 5.74) is 10.0. The Morgan fingerprint density at radius 1 is 1.11 bits per heavy atom. The molecule has 1 unspecified atom stereocenters. The van der Waals surface area contributed by atoms with Gasteiger partial charge in [-0.2, -0.15) is 5.26 Å². The first-order valence-corrected chi connectivity index (χ1v) is 15.7. The van der Waals surface area contributed by atoms with Crippen molar-refractivity contribution in [3.8, 4) is 23.3 Å². The van der Waals surface area contributed by atoms with Gasteiger partial charge in [0.05, 0.1) is 44.6 Å². The van der Waals surface area contributed by atoms with E-state index in [9.17, 15) is 14.9 Å². The third-order valence-electron chi connectivity index (χ3n) is 7.46. The van der Waals surface area contributed by atoms with Crippen molar-refractivity contribution in [3.05, 3.63) is 76.3 Å². The second kappa shape index (κ2) is 13.8. The Bertz CT molecular complexity index is 1660. The molecule has 3 N–H and O–H groups in total. The number of aromatic nitrogens is 2. The topological polar surface area (TPSA) is 153 Å². The Morgan fingerprint density at radius 3 is 2.59 bits per heavy atom. The Hall–Kier alpha value is -4.54. The molecule has 0 fully saturated rings. The van der Waals surface area contributed by atoms with E-state index in [1.807, 2.05) is 30.3 Å². The number of benzene rings is 2. The van der Waals surface area contributed by atoms with Crippen LogP contribution in [0.4, 0.5) is 5.13 Å². The van der Waals surface area contributed by atoms with E-state index in [4.69, 9.17) is 19.9 Å². The van der Waals surface area contributed by atoms with Crippen LogP contribution < -0.4 is 30.2 Å². The number of ketones is 1. The van der Waals surface area contributed by atoms with Gasteiger partial charge in [0, 0.05) is 24.2 Å². The van der Waals surface area contributed by atoms with E-state index in [0.717, 1.165) is 16.8 Å². The van der Waals surface area contributed by atoms with E-state index in [1.165, 1.54) is 23.1 Å². The monoisotopic (exact) mass is 632 g/mol. The molecule has 1 aliphatic heterocycles. The lowest BCUT2D eigenvalue weighted by molar-refractivity contribution is -0.118. The first-order valence-electron chi connectivity index (χ1n) is 13.9. The molecule has 44 heavy (non-hydrogen) atoms. The number of carbonyl (C=O) groups is 2. The minimum atomic E-state index is -0.575. The van der Waals surface area contributed by atoms with Crippen LogP contribution >= 0.6 is 23.1 Å². The summed E-state index contributed by atoms with van der Waals surface area (Å²) in [6.07, 6.45) is 2.31. The Balaban J connectivity index is 1.28. The van der Waals surface area contributed by atoms with E-state index in [1.54, 1.807) is 38.4 Å². The summed E-state index contributed by atoms with van der Waals surface area (Å²) in [5.74, 6) is 1.62. The smallest absolute Gasteiger partial charge is 0.230 e. The number of nitrogens with two attached hydrogens (primary N) is 1. The highest BCUT2D eigenvalue weighted by Gasteiger charge is 2.41. The highest BCUT2D eigenvalue weighted by molar-refractivity contribution is 8.01. The van der Waals surface area contributed by atoms with Crippen LogP contribution in [0.5, 0.6) is 17.2 Å². The molecule has 2 aromatic carbocycles. The average molecular weight is 633 g/mol. The van der Waals surface area contributed by atoms with Gasteiger partial charge in [-0.25, -0.2) is 0 Å². The number of thioether (sulfide) groups is 1. The molecule has 11 nitrogen and oxygen atoms in total. The van der Waals surface area contributed by atoms with Gasteiger partial charge in [0.15, 0.2) is 21.6 Å². The van der Waals surface area contributed by atoms with Gasteiger partial charge in [-0.3, -0.25) is 14.5 Å². The van der Waals surface area contributed by atoms with Crippen LogP contribution in [-0.4, -0.2) is 55.5 Å². The zero-order chi connectivity index (χ0) is 31.2. The maximum atomic E-state index is 13.3. The van der Waals surface area contributed by atoms with E-state index < -0.39 is 5.92 Å². The first-order chi connectivity index (χ1) is 21.4. The summed E-state index contributed by atoms with van der Waals surface area (Å²) in [7, 11) is 4.75. The zero-order valence-electron chi connectivity index (χ0n) is 24.6. The molecule has 2 heterocycles. The molecule has 3 aromatic rings. The number of Topliss-reactive ketones (excluding diaryl/α,β-unsaturated/α-hetero) is 1. The summed E-state index contributed by atoms with van der Waals surface area (Å²) >= 11 is 2.52. The number of nitriles is 1. The molecule has 13 heteroatoms. The molecule has 5 rings (SSSR count). The SMILES string of the molecule is COc1ccc(C2C(C#N)=C(N)N(c3nnc(SCC(=O)NCCc4ccc(OC)c(OC)c4)s3)C3=C2C(=O)CCC3)cc1.